The Morgan fingerprint density at radius 3 is 2.54 bits per heavy atom. The number of carbonyl (C=O) groups is 1. The number of fused-ring (bicyclic) bond motifs is 1. The molecule has 0 spiro atoms. The molecule has 6 nitrogen and oxygen atoms in total. The smallest absolute Gasteiger partial charge is 0.234 e. The molecule has 1 aromatic heterocycles. The summed E-state index contributed by atoms with van der Waals surface area (Å²) < 4.78 is 2.08. The van der Waals surface area contributed by atoms with Crippen molar-refractivity contribution in [3.63, 3.8) is 0 Å². The summed E-state index contributed by atoms with van der Waals surface area (Å²) in [4.78, 5) is 14.5. The first-order valence-corrected chi connectivity index (χ1v) is 10.3. The average Bonchev–Trinajstić information content (AvgIpc) is 3.25. The molecule has 2 aromatic carbocycles. The number of thioether (sulfide) groups is 1. The van der Waals surface area contributed by atoms with Crippen molar-refractivity contribution >= 4 is 35.0 Å². The van der Waals surface area contributed by atoms with Crippen molar-refractivity contribution in [2.24, 2.45) is 0 Å². The van der Waals surface area contributed by atoms with Gasteiger partial charge in [-0.05, 0) is 44.5 Å². The van der Waals surface area contributed by atoms with E-state index in [9.17, 15) is 4.79 Å². The molecule has 1 aliphatic heterocycles. The molecule has 1 amide bonds. The highest BCUT2D eigenvalue weighted by Gasteiger charge is 2.26. The molecule has 2 heterocycles. The van der Waals surface area contributed by atoms with Crippen molar-refractivity contribution < 1.29 is 4.79 Å². The maximum absolute atomic E-state index is 12.4. The number of benzene rings is 2. The minimum absolute atomic E-state index is 0.0392. The van der Waals surface area contributed by atoms with Crippen molar-refractivity contribution in [3.05, 3.63) is 59.2 Å². The fourth-order valence-corrected chi connectivity index (χ4v) is 4.08. The van der Waals surface area contributed by atoms with Gasteiger partial charge in [0.05, 0.1) is 5.75 Å². The molecule has 0 saturated carbocycles. The second-order valence-corrected chi connectivity index (χ2v) is 8.02. The summed E-state index contributed by atoms with van der Waals surface area (Å²) in [6.07, 6.45) is 0. The number of hydrogen-bond donors (Lipinski definition) is 1. The van der Waals surface area contributed by atoms with E-state index < -0.39 is 0 Å². The van der Waals surface area contributed by atoms with Crippen LogP contribution < -0.4 is 10.2 Å². The zero-order valence-electron chi connectivity index (χ0n) is 16.3. The summed E-state index contributed by atoms with van der Waals surface area (Å²) in [6.45, 7) is 7.79. The first kappa shape index (κ1) is 18.6. The lowest BCUT2D eigenvalue weighted by Gasteiger charge is -2.15. The summed E-state index contributed by atoms with van der Waals surface area (Å²) in [5.74, 6) is 1.10. The fraction of sp³-hybridized carbons (Fsp3) is 0.286. The Morgan fingerprint density at radius 1 is 1.04 bits per heavy atom. The van der Waals surface area contributed by atoms with E-state index >= 15 is 0 Å². The van der Waals surface area contributed by atoms with Crippen molar-refractivity contribution in [2.75, 3.05) is 22.5 Å². The normalized spacial score (nSPS) is 12.9. The van der Waals surface area contributed by atoms with E-state index in [1.807, 2.05) is 26.0 Å². The summed E-state index contributed by atoms with van der Waals surface area (Å²) in [5.41, 5.74) is 5.45. The maximum atomic E-state index is 12.4. The van der Waals surface area contributed by atoms with E-state index in [4.69, 9.17) is 0 Å². The Morgan fingerprint density at radius 2 is 1.79 bits per heavy atom. The van der Waals surface area contributed by atoms with Crippen LogP contribution in [0.4, 0.5) is 17.3 Å². The molecule has 0 radical (unpaired) electrons. The molecule has 144 valence electrons. The van der Waals surface area contributed by atoms with Gasteiger partial charge in [-0.2, -0.15) is 0 Å². The van der Waals surface area contributed by atoms with Crippen LogP contribution in [0.5, 0.6) is 0 Å². The van der Waals surface area contributed by atoms with Gasteiger partial charge in [0.1, 0.15) is 0 Å². The zero-order chi connectivity index (χ0) is 19.7. The quantitative estimate of drug-likeness (QED) is 0.662. The van der Waals surface area contributed by atoms with E-state index in [0.29, 0.717) is 5.75 Å². The van der Waals surface area contributed by atoms with Crippen molar-refractivity contribution in [1.82, 2.24) is 14.8 Å². The Labute approximate surface area is 169 Å². The lowest BCUT2D eigenvalue weighted by atomic mass is 10.1. The van der Waals surface area contributed by atoms with Crippen LogP contribution in [-0.4, -0.2) is 33.0 Å². The molecule has 4 rings (SSSR count). The number of anilines is 3. The molecule has 28 heavy (non-hydrogen) atoms. The number of aromatic nitrogens is 3. The number of amides is 1. The van der Waals surface area contributed by atoms with Crippen molar-refractivity contribution in [1.29, 1.82) is 0 Å². The topological polar surface area (TPSA) is 63.1 Å². The Balaban J connectivity index is 1.41. The number of hydrogen-bond acceptors (Lipinski definition) is 5. The third-order valence-electron chi connectivity index (χ3n) is 4.82. The molecule has 7 heteroatoms. The number of nitrogens with zero attached hydrogens (tertiary/aromatic N) is 4. The van der Waals surface area contributed by atoms with E-state index in [1.165, 1.54) is 22.9 Å². The molecule has 0 unspecified atom stereocenters. The summed E-state index contributed by atoms with van der Waals surface area (Å²) >= 11 is 1.42. The van der Waals surface area contributed by atoms with Crippen molar-refractivity contribution in [2.45, 2.75) is 32.5 Å². The predicted octanol–water partition coefficient (Wildman–Crippen LogP) is 4.09. The number of rotatable bonds is 5. The lowest BCUT2D eigenvalue weighted by molar-refractivity contribution is -0.113. The van der Waals surface area contributed by atoms with Crippen molar-refractivity contribution in [3.8, 4) is 0 Å². The van der Waals surface area contributed by atoms with Gasteiger partial charge in [-0.15, -0.1) is 10.2 Å². The number of carbonyl (C=O) groups excluding carboxylic acids is 1. The van der Waals surface area contributed by atoms with Crippen LogP contribution in [0.15, 0.2) is 47.6 Å². The second-order valence-electron chi connectivity index (χ2n) is 7.08. The Bertz CT molecular complexity index is 1010. The molecule has 3 aromatic rings. The maximum Gasteiger partial charge on any atom is 0.234 e. The van der Waals surface area contributed by atoms with Crippen LogP contribution in [0, 0.1) is 20.8 Å². The highest BCUT2D eigenvalue weighted by atomic mass is 32.2. The minimum Gasteiger partial charge on any atom is -0.325 e. The number of aryl methyl sites for hydroxylation is 3. The van der Waals surface area contributed by atoms with Gasteiger partial charge in [-0.3, -0.25) is 9.36 Å². The van der Waals surface area contributed by atoms with E-state index in [0.717, 1.165) is 41.1 Å². The first-order chi connectivity index (χ1) is 13.5. The van der Waals surface area contributed by atoms with Crippen LogP contribution in [0.25, 0.3) is 0 Å². The van der Waals surface area contributed by atoms with Gasteiger partial charge < -0.3 is 10.2 Å². The molecule has 1 aliphatic rings. The molecular formula is C21H23N5OS. The van der Waals surface area contributed by atoms with Gasteiger partial charge in [0.2, 0.25) is 11.9 Å². The van der Waals surface area contributed by atoms with E-state index in [2.05, 4.69) is 62.2 Å². The fourth-order valence-electron chi connectivity index (χ4n) is 3.32. The Kier molecular flexibility index (Phi) is 5.09. The molecule has 0 atom stereocenters. The summed E-state index contributed by atoms with van der Waals surface area (Å²) in [7, 11) is 0. The third kappa shape index (κ3) is 3.75. The van der Waals surface area contributed by atoms with E-state index in [-0.39, 0.29) is 5.91 Å². The van der Waals surface area contributed by atoms with Crippen LogP contribution in [0.3, 0.4) is 0 Å². The number of nitrogens with one attached hydrogen (secondary N) is 1. The van der Waals surface area contributed by atoms with Gasteiger partial charge in [-0.25, -0.2) is 0 Å². The highest BCUT2D eigenvalue weighted by Crippen LogP contribution is 2.32. The van der Waals surface area contributed by atoms with Gasteiger partial charge >= 0.3 is 0 Å². The summed E-state index contributed by atoms with van der Waals surface area (Å²) in [6, 6.07) is 14.4. The Hall–Kier alpha value is -2.80. The molecular weight excluding hydrogens is 370 g/mol. The standard InChI is InChI=1S/C21H23N5OS/c1-14-4-7-17(8-5-14)25-10-11-26-20(25)23-24-21(26)28-13-19(27)22-18-9-6-15(2)12-16(18)3/h4-9,12H,10-11,13H2,1-3H3,(H,22,27). The predicted molar refractivity (Wildman–Crippen MR) is 113 cm³/mol. The largest absolute Gasteiger partial charge is 0.325 e. The molecule has 0 aliphatic carbocycles. The monoisotopic (exact) mass is 393 g/mol. The third-order valence-corrected chi connectivity index (χ3v) is 5.79. The van der Waals surface area contributed by atoms with Crippen LogP contribution in [0.2, 0.25) is 0 Å². The van der Waals surface area contributed by atoms with Gasteiger partial charge in [0.25, 0.3) is 0 Å². The first-order valence-electron chi connectivity index (χ1n) is 9.28. The van der Waals surface area contributed by atoms with Crippen LogP contribution in [0.1, 0.15) is 16.7 Å². The second kappa shape index (κ2) is 7.67. The SMILES string of the molecule is Cc1ccc(N2CCn3c(SCC(=O)Nc4ccc(C)cc4C)nnc32)cc1. The summed E-state index contributed by atoms with van der Waals surface area (Å²) in [5, 5.41) is 12.4. The molecule has 1 N–H and O–H groups in total. The van der Waals surface area contributed by atoms with Gasteiger partial charge in [0.15, 0.2) is 5.16 Å². The van der Waals surface area contributed by atoms with Crippen LogP contribution in [-0.2, 0) is 11.3 Å². The molecule has 0 bridgehead atoms. The average molecular weight is 394 g/mol. The van der Waals surface area contributed by atoms with E-state index in [1.54, 1.807) is 0 Å². The van der Waals surface area contributed by atoms with Crippen LogP contribution >= 0.6 is 11.8 Å². The lowest BCUT2D eigenvalue weighted by Crippen LogP contribution is -2.15. The zero-order valence-corrected chi connectivity index (χ0v) is 17.1. The molecule has 0 saturated heterocycles. The highest BCUT2D eigenvalue weighted by molar-refractivity contribution is 7.99. The van der Waals surface area contributed by atoms with Gasteiger partial charge in [-0.1, -0.05) is 47.2 Å². The molecule has 0 fully saturated rings. The minimum atomic E-state index is -0.0392. The van der Waals surface area contributed by atoms with Gasteiger partial charge in [0, 0.05) is 24.5 Å².